The molecule has 0 atom stereocenters. The van der Waals surface area contributed by atoms with Gasteiger partial charge in [-0.1, -0.05) is 36.0 Å². The first-order valence-corrected chi connectivity index (χ1v) is 14.4. The van der Waals surface area contributed by atoms with Gasteiger partial charge in [-0.2, -0.15) is 4.57 Å². The fourth-order valence-corrected chi connectivity index (χ4v) is 6.12. The van der Waals surface area contributed by atoms with E-state index in [4.69, 9.17) is 0 Å². The lowest BCUT2D eigenvalue weighted by Crippen LogP contribution is -3.00. The second-order valence-electron chi connectivity index (χ2n) is 10.0. The first kappa shape index (κ1) is 28.7. The summed E-state index contributed by atoms with van der Waals surface area (Å²) in [4.78, 5) is 3.43. The van der Waals surface area contributed by atoms with Crippen LogP contribution < -0.4 is 26.4 Å². The number of hydrogen-bond donors (Lipinski definition) is 0. The van der Waals surface area contributed by atoms with E-state index in [1.54, 1.807) is 11.8 Å². The van der Waals surface area contributed by atoms with Gasteiger partial charge in [-0.15, -0.1) is 0 Å². The van der Waals surface area contributed by atoms with E-state index < -0.39 is 10.1 Å². The van der Waals surface area contributed by atoms with Gasteiger partial charge < -0.3 is 30.9 Å². The van der Waals surface area contributed by atoms with Crippen LogP contribution in [0.15, 0.2) is 70.7 Å². The van der Waals surface area contributed by atoms with Gasteiger partial charge in [0.15, 0.2) is 12.7 Å². The molecule has 3 aromatic rings. The summed E-state index contributed by atoms with van der Waals surface area (Å²) in [6.45, 7) is 2.76. The van der Waals surface area contributed by atoms with Crippen molar-refractivity contribution in [2.24, 2.45) is 0 Å². The molecule has 36 heavy (non-hydrogen) atoms. The predicted octanol–water partition coefficient (Wildman–Crippen LogP) is 1.46. The number of hydrogen-bond acceptors (Lipinski definition) is 5. The molecule has 0 spiro atoms. The van der Waals surface area contributed by atoms with Gasteiger partial charge in [0, 0.05) is 29.3 Å². The molecular formula is C27H34BrN3O3S2. The summed E-state index contributed by atoms with van der Waals surface area (Å²) in [5.74, 6) is -0.313. The van der Waals surface area contributed by atoms with E-state index in [9.17, 15) is 13.0 Å². The normalized spacial score (nSPS) is 14.8. The summed E-state index contributed by atoms with van der Waals surface area (Å²) in [5.41, 5.74) is 3.51. The van der Waals surface area contributed by atoms with Gasteiger partial charge in [0.25, 0.3) is 0 Å². The maximum Gasteiger partial charge on any atom is 0.213 e. The van der Waals surface area contributed by atoms with E-state index in [0.29, 0.717) is 19.4 Å². The summed E-state index contributed by atoms with van der Waals surface area (Å²) in [6.07, 6.45) is 6.52. The Hall–Kier alpha value is -1.91. The lowest BCUT2D eigenvalue weighted by molar-refractivity contribution is -0.873. The fraction of sp³-hybridized carbons (Fsp3) is 0.370. The lowest BCUT2D eigenvalue weighted by atomic mass is 10.1. The van der Waals surface area contributed by atoms with E-state index in [1.165, 1.54) is 15.8 Å². The molecule has 0 saturated carbocycles. The van der Waals surface area contributed by atoms with Gasteiger partial charge in [0.1, 0.15) is 0 Å². The molecule has 0 radical (unpaired) electrons. The summed E-state index contributed by atoms with van der Waals surface area (Å²) >= 11 is 1.73. The molecule has 0 aliphatic carbocycles. The first-order chi connectivity index (χ1) is 16.6. The summed E-state index contributed by atoms with van der Waals surface area (Å²) in [5, 5.41) is 2.32. The zero-order chi connectivity index (χ0) is 25.1. The van der Waals surface area contributed by atoms with Crippen LogP contribution in [0.1, 0.15) is 24.8 Å². The highest BCUT2D eigenvalue weighted by Crippen LogP contribution is 2.46. The average molecular weight is 593 g/mol. The van der Waals surface area contributed by atoms with Crippen LogP contribution in [-0.2, 0) is 16.7 Å². The average Bonchev–Trinajstić information content (AvgIpc) is 3.13. The van der Waals surface area contributed by atoms with Crippen molar-refractivity contribution >= 4 is 44.5 Å². The molecular weight excluding hydrogens is 558 g/mol. The third-order valence-electron chi connectivity index (χ3n) is 6.13. The second-order valence-corrected chi connectivity index (χ2v) is 12.6. The summed E-state index contributed by atoms with van der Waals surface area (Å²) in [6, 6.07) is 19.0. The number of halogens is 1. The molecule has 2 heterocycles. The van der Waals surface area contributed by atoms with E-state index in [2.05, 4.69) is 85.3 Å². The third kappa shape index (κ3) is 7.55. The van der Waals surface area contributed by atoms with Crippen LogP contribution in [0.5, 0.6) is 0 Å². The molecule has 0 saturated heterocycles. The second kappa shape index (κ2) is 12.1. The Morgan fingerprint density at radius 1 is 1.00 bits per heavy atom. The number of fused-ring (bicyclic) bond motifs is 2. The standard InChI is InChI=1S/C27H34N3O3S2.BrH/c1-30(2,3)19-10-16-28-18-15-22(23-11-4-5-12-24(23)28)21-27-29(17-8-9-20-35(31,32)33)25-13-6-7-14-26(25)34-27;/h4-7,11-15,18,21H,8-10,16-17,19-20H2,1-3H3;1H/q+1;/p-1. The van der Waals surface area contributed by atoms with Gasteiger partial charge in [0.2, 0.25) is 5.52 Å². The number of para-hydroxylation sites is 2. The SMILES string of the molecule is C[N+](C)(C)CCC[n+]1ccc(C=C2Sc3ccccc3N2CCCCS(=O)(=O)[O-])c2ccccc21.[Br-]. The molecule has 1 aromatic heterocycles. The zero-order valence-electron chi connectivity index (χ0n) is 21.1. The van der Waals surface area contributed by atoms with Crippen molar-refractivity contribution in [3.63, 3.8) is 0 Å². The highest BCUT2D eigenvalue weighted by Gasteiger charge is 2.25. The molecule has 9 heteroatoms. The number of pyridine rings is 1. The molecule has 0 N–H and O–H groups in total. The van der Waals surface area contributed by atoms with Gasteiger partial charge in [-0.3, -0.25) is 0 Å². The number of nitrogens with zero attached hydrogens (tertiary/aromatic N) is 3. The smallest absolute Gasteiger partial charge is 0.213 e. The highest BCUT2D eigenvalue weighted by molar-refractivity contribution is 8.03. The van der Waals surface area contributed by atoms with Crippen LogP contribution in [-0.4, -0.2) is 57.4 Å². The minimum absolute atomic E-state index is 0. The molecule has 2 aromatic carbocycles. The zero-order valence-corrected chi connectivity index (χ0v) is 24.3. The number of aromatic nitrogens is 1. The number of unbranched alkanes of at least 4 members (excludes halogenated alkanes) is 1. The van der Waals surface area contributed by atoms with Crippen LogP contribution in [0, 0.1) is 0 Å². The van der Waals surface area contributed by atoms with Crippen molar-refractivity contribution in [1.82, 2.24) is 0 Å². The van der Waals surface area contributed by atoms with Gasteiger partial charge in [-0.25, -0.2) is 8.42 Å². The maximum atomic E-state index is 11.0. The van der Waals surface area contributed by atoms with Crippen molar-refractivity contribution in [3.05, 3.63) is 71.4 Å². The fourth-order valence-electron chi connectivity index (χ4n) is 4.42. The van der Waals surface area contributed by atoms with Crippen LogP contribution >= 0.6 is 11.8 Å². The lowest BCUT2D eigenvalue weighted by Gasteiger charge is -2.23. The number of anilines is 1. The van der Waals surface area contributed by atoms with E-state index >= 15 is 0 Å². The van der Waals surface area contributed by atoms with Crippen LogP contribution in [0.2, 0.25) is 0 Å². The molecule has 1 aliphatic rings. The van der Waals surface area contributed by atoms with Crippen LogP contribution in [0.3, 0.4) is 0 Å². The van der Waals surface area contributed by atoms with Crippen molar-refractivity contribution in [3.8, 4) is 0 Å². The Kier molecular flexibility index (Phi) is 9.62. The van der Waals surface area contributed by atoms with Crippen LogP contribution in [0.25, 0.3) is 17.0 Å². The minimum Gasteiger partial charge on any atom is -1.00 e. The molecule has 4 rings (SSSR count). The number of thioether (sulfide) groups is 1. The Labute approximate surface area is 229 Å². The van der Waals surface area contributed by atoms with Crippen molar-refractivity contribution in [2.45, 2.75) is 30.7 Å². The van der Waals surface area contributed by atoms with Gasteiger partial charge in [-0.05, 0) is 42.7 Å². The topological polar surface area (TPSA) is 64.3 Å². The molecule has 0 amide bonds. The number of aryl methyl sites for hydroxylation is 1. The number of quaternary nitrogens is 1. The predicted molar refractivity (Wildman–Crippen MR) is 143 cm³/mol. The van der Waals surface area contributed by atoms with E-state index in [-0.39, 0.29) is 22.7 Å². The highest BCUT2D eigenvalue weighted by atomic mass is 79.9. The Balaban J connectivity index is 0.00000361. The number of rotatable bonds is 10. The number of benzene rings is 2. The summed E-state index contributed by atoms with van der Waals surface area (Å²) < 4.78 is 36.3. The first-order valence-electron chi connectivity index (χ1n) is 12.0. The van der Waals surface area contributed by atoms with Crippen molar-refractivity contribution in [1.29, 1.82) is 0 Å². The minimum atomic E-state index is -4.18. The molecule has 0 fully saturated rings. The largest absolute Gasteiger partial charge is 1.00 e. The van der Waals surface area contributed by atoms with Crippen molar-refractivity contribution in [2.75, 3.05) is 44.9 Å². The quantitative estimate of drug-likeness (QED) is 0.155. The van der Waals surface area contributed by atoms with Crippen LogP contribution in [0.4, 0.5) is 5.69 Å². The van der Waals surface area contributed by atoms with E-state index in [1.807, 2.05) is 12.1 Å². The maximum absolute atomic E-state index is 11.0. The molecule has 194 valence electrons. The monoisotopic (exact) mass is 591 g/mol. The van der Waals surface area contributed by atoms with Gasteiger partial charge >= 0.3 is 0 Å². The van der Waals surface area contributed by atoms with E-state index in [0.717, 1.165) is 40.3 Å². The Morgan fingerprint density at radius 2 is 1.72 bits per heavy atom. The molecule has 6 nitrogen and oxygen atoms in total. The summed E-state index contributed by atoms with van der Waals surface area (Å²) in [7, 11) is 2.49. The third-order valence-corrected chi connectivity index (χ3v) is 8.03. The molecule has 0 bridgehead atoms. The Bertz CT molecular complexity index is 1340. The van der Waals surface area contributed by atoms with Gasteiger partial charge in [0.05, 0.1) is 60.3 Å². The molecule has 0 unspecified atom stereocenters. The Morgan fingerprint density at radius 3 is 2.47 bits per heavy atom. The van der Waals surface area contributed by atoms with Crippen molar-refractivity contribution < 1.29 is 39.0 Å². The molecule has 1 aliphatic heterocycles.